The SMILES string of the molecule is O=C1CNC(=O)N1C1CN(c2ccnc(C3CC3)n2)C1. The molecule has 3 amide bonds. The Labute approximate surface area is 116 Å². The van der Waals surface area contributed by atoms with Gasteiger partial charge in [0.1, 0.15) is 11.6 Å². The average Bonchev–Trinajstić information content (AvgIpc) is 3.19. The number of hydrogen-bond donors (Lipinski definition) is 1. The van der Waals surface area contributed by atoms with Crippen LogP contribution in [0.2, 0.25) is 0 Å². The minimum atomic E-state index is -0.277. The molecule has 20 heavy (non-hydrogen) atoms. The summed E-state index contributed by atoms with van der Waals surface area (Å²) in [6.07, 6.45) is 4.14. The molecule has 0 unspecified atom stereocenters. The summed E-state index contributed by atoms with van der Waals surface area (Å²) in [7, 11) is 0. The smallest absolute Gasteiger partial charge is 0.324 e. The molecule has 7 heteroatoms. The highest BCUT2D eigenvalue weighted by molar-refractivity contribution is 6.02. The van der Waals surface area contributed by atoms with Crippen LogP contribution in [-0.4, -0.2) is 52.5 Å². The molecule has 1 N–H and O–H groups in total. The van der Waals surface area contributed by atoms with Crippen molar-refractivity contribution in [1.82, 2.24) is 20.2 Å². The lowest BCUT2D eigenvalue weighted by molar-refractivity contribution is -0.126. The van der Waals surface area contributed by atoms with E-state index in [0.717, 1.165) is 11.6 Å². The second-order valence-electron chi connectivity index (χ2n) is 5.53. The van der Waals surface area contributed by atoms with Crippen molar-refractivity contribution in [2.24, 2.45) is 0 Å². The second kappa shape index (κ2) is 4.16. The molecule has 0 spiro atoms. The largest absolute Gasteiger partial charge is 0.352 e. The fourth-order valence-electron chi connectivity index (χ4n) is 2.69. The van der Waals surface area contributed by atoms with Gasteiger partial charge in [-0.1, -0.05) is 0 Å². The van der Waals surface area contributed by atoms with E-state index in [1.807, 2.05) is 6.07 Å². The Bertz CT molecular complexity index is 564. The van der Waals surface area contributed by atoms with E-state index in [9.17, 15) is 9.59 Å². The molecule has 0 aromatic carbocycles. The number of anilines is 1. The number of nitrogens with one attached hydrogen (secondary N) is 1. The summed E-state index contributed by atoms with van der Waals surface area (Å²) in [5.74, 6) is 2.20. The van der Waals surface area contributed by atoms with Crippen molar-refractivity contribution >= 4 is 17.8 Å². The van der Waals surface area contributed by atoms with Crippen molar-refractivity contribution < 1.29 is 9.59 Å². The summed E-state index contributed by atoms with van der Waals surface area (Å²) in [5, 5.41) is 2.55. The van der Waals surface area contributed by atoms with Crippen LogP contribution >= 0.6 is 0 Å². The minimum Gasteiger partial charge on any atom is -0.352 e. The number of amides is 3. The second-order valence-corrected chi connectivity index (χ2v) is 5.53. The number of hydrogen-bond acceptors (Lipinski definition) is 5. The highest BCUT2D eigenvalue weighted by Gasteiger charge is 2.42. The zero-order chi connectivity index (χ0) is 13.7. The summed E-state index contributed by atoms with van der Waals surface area (Å²) in [6.45, 7) is 1.43. The first kappa shape index (κ1) is 11.6. The van der Waals surface area contributed by atoms with Crippen molar-refractivity contribution in [1.29, 1.82) is 0 Å². The molecule has 1 aromatic heterocycles. The van der Waals surface area contributed by atoms with Crippen LogP contribution in [0.5, 0.6) is 0 Å². The first-order chi connectivity index (χ1) is 9.72. The van der Waals surface area contributed by atoms with Crippen molar-refractivity contribution in [2.75, 3.05) is 24.5 Å². The van der Waals surface area contributed by atoms with E-state index in [1.165, 1.54) is 17.7 Å². The Hall–Kier alpha value is -2.18. The maximum absolute atomic E-state index is 11.6. The molecule has 1 saturated carbocycles. The number of carbonyl (C=O) groups is 2. The Balaban J connectivity index is 1.44. The standard InChI is InChI=1S/C13H15N5O2/c19-11-5-15-13(20)18(11)9-6-17(7-9)10-3-4-14-12(16-10)8-1-2-8/h3-4,8-9H,1-2,5-7H2,(H,15,20). The highest BCUT2D eigenvalue weighted by atomic mass is 16.2. The van der Waals surface area contributed by atoms with Gasteiger partial charge in [-0.3, -0.25) is 9.69 Å². The highest BCUT2D eigenvalue weighted by Crippen LogP contribution is 2.38. The lowest BCUT2D eigenvalue weighted by atomic mass is 10.1. The van der Waals surface area contributed by atoms with Crippen LogP contribution in [0, 0.1) is 0 Å². The van der Waals surface area contributed by atoms with Gasteiger partial charge in [-0.2, -0.15) is 0 Å². The monoisotopic (exact) mass is 273 g/mol. The molecule has 4 rings (SSSR count). The van der Waals surface area contributed by atoms with Crippen LogP contribution in [0.15, 0.2) is 12.3 Å². The van der Waals surface area contributed by atoms with Crippen LogP contribution < -0.4 is 10.2 Å². The zero-order valence-corrected chi connectivity index (χ0v) is 11.0. The average molecular weight is 273 g/mol. The van der Waals surface area contributed by atoms with Gasteiger partial charge in [0, 0.05) is 25.2 Å². The van der Waals surface area contributed by atoms with Crippen molar-refractivity contribution in [3.8, 4) is 0 Å². The Kier molecular flexibility index (Phi) is 2.42. The number of carbonyl (C=O) groups excluding carboxylic acids is 2. The molecule has 2 saturated heterocycles. The van der Waals surface area contributed by atoms with Gasteiger partial charge < -0.3 is 10.2 Å². The summed E-state index contributed by atoms with van der Waals surface area (Å²) in [6, 6.07) is 1.57. The lowest BCUT2D eigenvalue weighted by Gasteiger charge is -2.43. The van der Waals surface area contributed by atoms with Gasteiger partial charge in [-0.25, -0.2) is 14.8 Å². The molecule has 0 radical (unpaired) electrons. The molecule has 3 fully saturated rings. The molecular weight excluding hydrogens is 258 g/mol. The van der Waals surface area contributed by atoms with Crippen LogP contribution in [0.4, 0.5) is 10.6 Å². The molecule has 2 aliphatic heterocycles. The molecule has 1 aliphatic carbocycles. The van der Waals surface area contributed by atoms with Gasteiger partial charge in [0.25, 0.3) is 0 Å². The van der Waals surface area contributed by atoms with E-state index >= 15 is 0 Å². The van der Waals surface area contributed by atoms with E-state index in [0.29, 0.717) is 19.0 Å². The molecule has 104 valence electrons. The van der Waals surface area contributed by atoms with E-state index in [4.69, 9.17) is 0 Å². The lowest BCUT2D eigenvalue weighted by Crippen LogP contribution is -2.61. The summed E-state index contributed by atoms with van der Waals surface area (Å²) < 4.78 is 0. The molecule has 0 atom stereocenters. The predicted octanol–water partition coefficient (Wildman–Crippen LogP) is 0.0944. The Morgan fingerprint density at radius 2 is 2.05 bits per heavy atom. The van der Waals surface area contributed by atoms with Crippen molar-refractivity contribution in [3.63, 3.8) is 0 Å². The topological polar surface area (TPSA) is 78.4 Å². The summed E-state index contributed by atoms with van der Waals surface area (Å²) >= 11 is 0. The Morgan fingerprint density at radius 3 is 2.70 bits per heavy atom. The number of rotatable bonds is 3. The van der Waals surface area contributed by atoms with E-state index in [1.54, 1.807) is 6.20 Å². The third-order valence-electron chi connectivity index (χ3n) is 4.03. The maximum atomic E-state index is 11.6. The number of urea groups is 1. The molecule has 3 aliphatic rings. The quantitative estimate of drug-likeness (QED) is 0.790. The Morgan fingerprint density at radius 1 is 1.25 bits per heavy atom. The minimum absolute atomic E-state index is 0.0376. The van der Waals surface area contributed by atoms with Crippen LogP contribution in [0.3, 0.4) is 0 Å². The molecular formula is C13H15N5O2. The van der Waals surface area contributed by atoms with E-state index in [-0.39, 0.29) is 24.5 Å². The molecule has 7 nitrogen and oxygen atoms in total. The summed E-state index contributed by atoms with van der Waals surface area (Å²) in [4.78, 5) is 35.5. The van der Waals surface area contributed by atoms with Crippen molar-refractivity contribution in [2.45, 2.75) is 24.8 Å². The van der Waals surface area contributed by atoms with Gasteiger partial charge in [0.15, 0.2) is 0 Å². The van der Waals surface area contributed by atoms with Crippen LogP contribution in [0.1, 0.15) is 24.6 Å². The third-order valence-corrected chi connectivity index (χ3v) is 4.03. The zero-order valence-electron chi connectivity index (χ0n) is 11.0. The fraction of sp³-hybridized carbons (Fsp3) is 0.538. The van der Waals surface area contributed by atoms with Crippen molar-refractivity contribution in [3.05, 3.63) is 18.1 Å². The van der Waals surface area contributed by atoms with E-state index in [2.05, 4.69) is 20.2 Å². The first-order valence-electron chi connectivity index (χ1n) is 6.90. The maximum Gasteiger partial charge on any atom is 0.324 e. The van der Waals surface area contributed by atoms with Gasteiger partial charge in [0.2, 0.25) is 5.91 Å². The van der Waals surface area contributed by atoms with Gasteiger partial charge in [-0.15, -0.1) is 0 Å². The number of imide groups is 1. The molecule has 3 heterocycles. The predicted molar refractivity (Wildman–Crippen MR) is 70.3 cm³/mol. The van der Waals surface area contributed by atoms with Gasteiger partial charge in [0.05, 0.1) is 12.6 Å². The van der Waals surface area contributed by atoms with Gasteiger partial charge >= 0.3 is 6.03 Å². The molecule has 0 bridgehead atoms. The number of aromatic nitrogens is 2. The first-order valence-corrected chi connectivity index (χ1v) is 6.90. The van der Waals surface area contributed by atoms with Crippen LogP contribution in [-0.2, 0) is 4.79 Å². The molecule has 1 aromatic rings. The fourth-order valence-corrected chi connectivity index (χ4v) is 2.69. The third kappa shape index (κ3) is 1.81. The van der Waals surface area contributed by atoms with E-state index < -0.39 is 0 Å². The number of nitrogens with zero attached hydrogens (tertiary/aromatic N) is 4. The normalized spacial score (nSPS) is 23.0. The summed E-state index contributed by atoms with van der Waals surface area (Å²) in [5.41, 5.74) is 0. The van der Waals surface area contributed by atoms with Crippen LogP contribution in [0.25, 0.3) is 0 Å². The van der Waals surface area contributed by atoms with Gasteiger partial charge in [-0.05, 0) is 18.9 Å².